The largest absolute Gasteiger partial charge is 0.537 e. The van der Waals surface area contributed by atoms with Gasteiger partial charge in [0.2, 0.25) is 0 Å². The molecule has 0 aliphatic rings. The van der Waals surface area contributed by atoms with Gasteiger partial charge in [0.1, 0.15) is 0 Å². The van der Waals surface area contributed by atoms with Crippen molar-refractivity contribution in [1.29, 1.82) is 0 Å². The maximum Gasteiger partial charge on any atom is 0.537 e. The first-order valence-electron chi connectivity index (χ1n) is 5.34. The smallest absolute Gasteiger partial charge is 0.448 e. The molecule has 2 aromatic carbocycles. The maximum atomic E-state index is 11.8. The van der Waals surface area contributed by atoms with Gasteiger partial charge in [-0.3, -0.25) is 9.68 Å². The Morgan fingerprint density at radius 3 is 1.37 bits per heavy atom. The lowest BCUT2D eigenvalue weighted by molar-refractivity contribution is -0.194. The molecular formula is C14H12O5. The number of carbonyl (C=O) groups is 2. The standard InChI is InChI=1S/C13H10O.CH2O4/c14-13(11-7-3-1-4-8-11)12-9-5-2-6-10-12;2-1(3)5-4/h1-10H;4H,(H,2,3). The van der Waals surface area contributed by atoms with Crippen LogP contribution in [0.5, 0.6) is 0 Å². The van der Waals surface area contributed by atoms with Crippen LogP contribution in [0.15, 0.2) is 60.7 Å². The summed E-state index contributed by atoms with van der Waals surface area (Å²) >= 11 is 0. The van der Waals surface area contributed by atoms with Gasteiger partial charge in [-0.25, -0.2) is 4.79 Å². The van der Waals surface area contributed by atoms with Crippen LogP contribution < -0.4 is 0 Å². The van der Waals surface area contributed by atoms with Crippen LogP contribution in [0.1, 0.15) is 15.9 Å². The summed E-state index contributed by atoms with van der Waals surface area (Å²) in [6.07, 6.45) is -1.69. The number of benzene rings is 2. The quantitative estimate of drug-likeness (QED) is 0.492. The molecule has 0 saturated carbocycles. The van der Waals surface area contributed by atoms with Gasteiger partial charge < -0.3 is 5.11 Å². The number of rotatable bonds is 2. The van der Waals surface area contributed by atoms with Crippen LogP contribution >= 0.6 is 0 Å². The zero-order valence-corrected chi connectivity index (χ0v) is 9.89. The third kappa shape index (κ3) is 5.01. The molecule has 0 spiro atoms. The summed E-state index contributed by atoms with van der Waals surface area (Å²) < 4.78 is 0. The SMILES string of the molecule is O=C(O)OO.O=C(c1ccccc1)c1ccccc1. The van der Waals surface area contributed by atoms with E-state index in [2.05, 4.69) is 4.89 Å². The summed E-state index contributed by atoms with van der Waals surface area (Å²) in [7, 11) is 0. The second kappa shape index (κ2) is 7.62. The molecule has 2 rings (SSSR count). The highest BCUT2D eigenvalue weighted by Gasteiger charge is 2.06. The average molecular weight is 260 g/mol. The second-order valence-electron chi connectivity index (χ2n) is 3.42. The van der Waals surface area contributed by atoms with E-state index in [-0.39, 0.29) is 5.78 Å². The molecule has 0 radical (unpaired) electrons. The molecular weight excluding hydrogens is 248 g/mol. The molecule has 0 atom stereocenters. The third-order valence-electron chi connectivity index (χ3n) is 2.15. The van der Waals surface area contributed by atoms with Crippen LogP contribution in [-0.4, -0.2) is 22.3 Å². The van der Waals surface area contributed by atoms with E-state index >= 15 is 0 Å². The van der Waals surface area contributed by atoms with Crippen molar-refractivity contribution in [3.8, 4) is 0 Å². The molecule has 5 nitrogen and oxygen atoms in total. The average Bonchev–Trinajstić information content (AvgIpc) is 2.49. The van der Waals surface area contributed by atoms with Crippen molar-refractivity contribution in [3.63, 3.8) is 0 Å². The summed E-state index contributed by atoms with van der Waals surface area (Å²) in [5, 5.41) is 14.3. The first-order valence-corrected chi connectivity index (χ1v) is 5.34. The minimum atomic E-state index is -1.69. The van der Waals surface area contributed by atoms with Gasteiger partial charge in [0.15, 0.2) is 5.78 Å². The van der Waals surface area contributed by atoms with Crippen molar-refractivity contribution in [1.82, 2.24) is 0 Å². The number of hydrogen-bond acceptors (Lipinski definition) is 4. The maximum absolute atomic E-state index is 11.8. The van der Waals surface area contributed by atoms with Crippen LogP contribution in [0.3, 0.4) is 0 Å². The molecule has 2 N–H and O–H groups in total. The molecule has 0 heterocycles. The molecule has 0 aromatic heterocycles. The first-order chi connectivity index (χ1) is 9.15. The number of carboxylic acid groups (broad SMARTS) is 1. The van der Waals surface area contributed by atoms with E-state index in [1.54, 1.807) is 0 Å². The minimum Gasteiger partial charge on any atom is -0.448 e. The fourth-order valence-electron chi connectivity index (χ4n) is 1.35. The Labute approximate surface area is 109 Å². The zero-order chi connectivity index (χ0) is 14.1. The number of carbonyl (C=O) groups excluding carboxylic acids is 1. The zero-order valence-electron chi connectivity index (χ0n) is 9.89. The molecule has 0 unspecified atom stereocenters. The van der Waals surface area contributed by atoms with E-state index in [9.17, 15) is 4.79 Å². The van der Waals surface area contributed by atoms with Crippen molar-refractivity contribution in [2.75, 3.05) is 0 Å². The minimum absolute atomic E-state index is 0.0752. The molecule has 98 valence electrons. The van der Waals surface area contributed by atoms with Crippen molar-refractivity contribution in [2.45, 2.75) is 0 Å². The lowest BCUT2D eigenvalue weighted by Crippen LogP contribution is -1.99. The summed E-state index contributed by atoms with van der Waals surface area (Å²) in [5.41, 5.74) is 1.47. The molecule has 5 heteroatoms. The molecule has 0 aliphatic heterocycles. The monoisotopic (exact) mass is 260 g/mol. The Bertz CT molecular complexity index is 481. The molecule has 0 amide bonds. The van der Waals surface area contributed by atoms with Crippen LogP contribution in [0, 0.1) is 0 Å². The van der Waals surface area contributed by atoms with Crippen molar-refractivity contribution in [2.24, 2.45) is 0 Å². The Kier molecular flexibility index (Phi) is 5.78. The molecule has 0 fully saturated rings. The lowest BCUT2D eigenvalue weighted by Gasteiger charge is -1.99. The van der Waals surface area contributed by atoms with E-state index in [1.807, 2.05) is 60.7 Å². The molecule has 0 bridgehead atoms. The van der Waals surface area contributed by atoms with E-state index in [4.69, 9.17) is 15.2 Å². The van der Waals surface area contributed by atoms with Crippen LogP contribution in [0.25, 0.3) is 0 Å². The number of ketones is 1. The number of hydrogen-bond donors (Lipinski definition) is 2. The van der Waals surface area contributed by atoms with Crippen LogP contribution in [0.4, 0.5) is 4.79 Å². The normalized spacial score (nSPS) is 8.89. The van der Waals surface area contributed by atoms with Gasteiger partial charge in [0, 0.05) is 11.1 Å². The van der Waals surface area contributed by atoms with Gasteiger partial charge in [-0.05, 0) is 0 Å². The van der Waals surface area contributed by atoms with Crippen molar-refractivity contribution < 1.29 is 24.8 Å². The molecule has 2 aromatic rings. The fourth-order valence-corrected chi connectivity index (χ4v) is 1.35. The summed E-state index contributed by atoms with van der Waals surface area (Å²) in [6.45, 7) is 0. The highest BCUT2D eigenvalue weighted by molar-refractivity contribution is 6.08. The summed E-state index contributed by atoms with van der Waals surface area (Å²) in [4.78, 5) is 23.4. The van der Waals surface area contributed by atoms with Crippen molar-refractivity contribution in [3.05, 3.63) is 71.8 Å². The van der Waals surface area contributed by atoms with Gasteiger partial charge in [0.05, 0.1) is 0 Å². The first kappa shape index (κ1) is 14.4. The Morgan fingerprint density at radius 1 is 0.789 bits per heavy atom. The third-order valence-corrected chi connectivity index (χ3v) is 2.15. The van der Waals surface area contributed by atoms with Gasteiger partial charge in [-0.1, -0.05) is 60.7 Å². The lowest BCUT2D eigenvalue weighted by atomic mass is 10.0. The molecule has 0 aliphatic carbocycles. The summed E-state index contributed by atoms with van der Waals surface area (Å²) in [5.74, 6) is 0.0752. The topological polar surface area (TPSA) is 83.8 Å². The van der Waals surface area contributed by atoms with Crippen molar-refractivity contribution >= 4 is 11.9 Å². The highest BCUT2D eigenvalue weighted by atomic mass is 17.1. The van der Waals surface area contributed by atoms with Crippen LogP contribution in [-0.2, 0) is 4.89 Å². The van der Waals surface area contributed by atoms with Gasteiger partial charge >= 0.3 is 6.16 Å². The van der Waals surface area contributed by atoms with Gasteiger partial charge in [0.25, 0.3) is 0 Å². The van der Waals surface area contributed by atoms with Gasteiger partial charge in [-0.15, -0.1) is 0 Å². The fraction of sp³-hybridized carbons (Fsp3) is 0. The van der Waals surface area contributed by atoms with Crippen LogP contribution in [0.2, 0.25) is 0 Å². The molecule has 19 heavy (non-hydrogen) atoms. The second-order valence-corrected chi connectivity index (χ2v) is 3.42. The predicted octanol–water partition coefficient (Wildman–Crippen LogP) is 3.07. The van der Waals surface area contributed by atoms with E-state index in [0.29, 0.717) is 0 Å². The summed E-state index contributed by atoms with van der Waals surface area (Å²) in [6, 6.07) is 18.6. The highest BCUT2D eigenvalue weighted by Crippen LogP contribution is 2.08. The van der Waals surface area contributed by atoms with E-state index in [1.165, 1.54) is 0 Å². The van der Waals surface area contributed by atoms with Gasteiger partial charge in [-0.2, -0.15) is 5.26 Å². The van der Waals surface area contributed by atoms with E-state index < -0.39 is 6.16 Å². The molecule has 0 saturated heterocycles. The Balaban J connectivity index is 0.000000312. The Hall–Kier alpha value is -2.66. The Morgan fingerprint density at radius 2 is 1.11 bits per heavy atom. The van der Waals surface area contributed by atoms with E-state index in [0.717, 1.165) is 11.1 Å². The predicted molar refractivity (Wildman–Crippen MR) is 68.1 cm³/mol.